The summed E-state index contributed by atoms with van der Waals surface area (Å²) in [5.74, 6) is 0.712. The van der Waals surface area contributed by atoms with Crippen LogP contribution in [0.4, 0.5) is 10.5 Å². The maximum Gasteiger partial charge on any atom is 0.411 e. The third-order valence-corrected chi connectivity index (χ3v) is 5.37. The van der Waals surface area contributed by atoms with Crippen LogP contribution >= 0.6 is 27.3 Å². The highest BCUT2D eigenvalue weighted by Gasteiger charge is 2.10. The van der Waals surface area contributed by atoms with E-state index in [0.29, 0.717) is 11.4 Å². The Morgan fingerprint density at radius 3 is 2.81 bits per heavy atom. The first-order valence-corrected chi connectivity index (χ1v) is 9.55. The molecule has 8 heteroatoms. The van der Waals surface area contributed by atoms with E-state index in [4.69, 9.17) is 14.6 Å². The molecule has 0 bridgehead atoms. The average molecular weight is 449 g/mol. The van der Waals surface area contributed by atoms with Gasteiger partial charge in [-0.2, -0.15) is 0 Å². The Bertz CT molecular complexity index is 1000. The molecule has 0 spiro atoms. The lowest BCUT2D eigenvalue weighted by Gasteiger charge is -2.12. The summed E-state index contributed by atoms with van der Waals surface area (Å²) in [5, 5.41) is 9.94. The van der Waals surface area contributed by atoms with E-state index in [-0.39, 0.29) is 6.79 Å². The number of methoxy groups -OCH3 is 1. The van der Waals surface area contributed by atoms with Crippen molar-refractivity contribution in [2.24, 2.45) is 0 Å². The van der Waals surface area contributed by atoms with Crippen LogP contribution in [-0.4, -0.2) is 37.1 Å². The number of hydrogen-bond acceptors (Lipinski definition) is 5. The number of amides is 1. The minimum absolute atomic E-state index is 0.193. The number of anilines is 1. The minimum Gasteiger partial charge on any atom is -0.466 e. The second-order valence-corrected chi connectivity index (χ2v) is 7.54. The summed E-state index contributed by atoms with van der Waals surface area (Å²) < 4.78 is 12.1. The molecule has 0 radical (unpaired) electrons. The highest BCUT2D eigenvalue weighted by atomic mass is 79.9. The monoisotopic (exact) mass is 448 g/mol. The molecule has 0 saturated carbocycles. The zero-order chi connectivity index (χ0) is 19.4. The number of rotatable bonds is 6. The van der Waals surface area contributed by atoms with Gasteiger partial charge in [-0.1, -0.05) is 12.1 Å². The van der Waals surface area contributed by atoms with Crippen LogP contribution in [0.3, 0.4) is 0 Å². The summed E-state index contributed by atoms with van der Waals surface area (Å²) >= 11 is 4.99. The number of nitrogens with zero attached hydrogens (tertiary/aromatic N) is 2. The van der Waals surface area contributed by atoms with Gasteiger partial charge in [0.05, 0.1) is 14.7 Å². The van der Waals surface area contributed by atoms with Gasteiger partial charge >= 0.3 is 6.09 Å². The SMILES string of the molecule is COCOc1ccc(/C=C/c2nc3ccc(N(C)C(=O)O)cc3s2)cc1Br. The summed E-state index contributed by atoms with van der Waals surface area (Å²) in [4.78, 5) is 16.8. The lowest BCUT2D eigenvalue weighted by molar-refractivity contribution is 0.0506. The molecule has 27 heavy (non-hydrogen) atoms. The second kappa shape index (κ2) is 8.51. The van der Waals surface area contributed by atoms with E-state index in [2.05, 4.69) is 20.9 Å². The van der Waals surface area contributed by atoms with Crippen LogP contribution in [0, 0.1) is 0 Å². The molecule has 0 unspecified atom stereocenters. The van der Waals surface area contributed by atoms with E-state index in [1.807, 2.05) is 42.5 Å². The van der Waals surface area contributed by atoms with Gasteiger partial charge in [0, 0.05) is 19.8 Å². The minimum atomic E-state index is -0.998. The fraction of sp³-hybridized carbons (Fsp3) is 0.158. The fourth-order valence-corrected chi connectivity index (χ4v) is 3.76. The maximum absolute atomic E-state index is 11.1. The molecule has 0 aliphatic carbocycles. The average Bonchev–Trinajstić information content (AvgIpc) is 3.07. The molecule has 1 aromatic heterocycles. The van der Waals surface area contributed by atoms with Crippen LogP contribution in [0.2, 0.25) is 0 Å². The van der Waals surface area contributed by atoms with Crippen LogP contribution in [0.25, 0.3) is 22.4 Å². The Hall–Kier alpha value is -2.42. The molecule has 1 heterocycles. The van der Waals surface area contributed by atoms with E-state index < -0.39 is 6.09 Å². The number of carbonyl (C=O) groups is 1. The van der Waals surface area contributed by atoms with Crippen molar-refractivity contribution >= 4 is 61.4 Å². The van der Waals surface area contributed by atoms with Gasteiger partial charge in [-0.15, -0.1) is 11.3 Å². The molecular formula is C19H17BrN2O4S. The number of thiazole rings is 1. The topological polar surface area (TPSA) is 71.9 Å². The number of carboxylic acid groups (broad SMARTS) is 1. The van der Waals surface area contributed by atoms with Crippen molar-refractivity contribution in [1.82, 2.24) is 4.98 Å². The van der Waals surface area contributed by atoms with Gasteiger partial charge in [0.2, 0.25) is 0 Å². The number of benzene rings is 2. The highest BCUT2D eigenvalue weighted by molar-refractivity contribution is 9.10. The van der Waals surface area contributed by atoms with Crippen LogP contribution in [0.5, 0.6) is 5.75 Å². The largest absolute Gasteiger partial charge is 0.466 e. The zero-order valence-corrected chi connectivity index (χ0v) is 17.1. The Kier molecular flexibility index (Phi) is 6.10. The molecule has 3 aromatic rings. The fourth-order valence-electron chi connectivity index (χ4n) is 2.35. The number of hydrogen-bond donors (Lipinski definition) is 1. The maximum atomic E-state index is 11.1. The normalized spacial score (nSPS) is 11.2. The van der Waals surface area contributed by atoms with Crippen molar-refractivity contribution in [2.45, 2.75) is 0 Å². The molecule has 1 N–H and O–H groups in total. The first-order valence-electron chi connectivity index (χ1n) is 7.94. The second-order valence-electron chi connectivity index (χ2n) is 5.62. The summed E-state index contributed by atoms with van der Waals surface area (Å²) in [6.07, 6.45) is 2.90. The highest BCUT2D eigenvalue weighted by Crippen LogP contribution is 2.29. The first-order chi connectivity index (χ1) is 13.0. The zero-order valence-electron chi connectivity index (χ0n) is 14.7. The molecule has 0 aliphatic rings. The van der Waals surface area contributed by atoms with Crippen LogP contribution in [0.15, 0.2) is 40.9 Å². The molecule has 2 aromatic carbocycles. The number of fused-ring (bicyclic) bond motifs is 1. The smallest absolute Gasteiger partial charge is 0.411 e. The first kappa shape index (κ1) is 19.3. The third-order valence-electron chi connectivity index (χ3n) is 3.77. The van der Waals surface area contributed by atoms with Crippen molar-refractivity contribution in [3.05, 3.63) is 51.4 Å². The molecule has 3 rings (SSSR count). The Labute approximate surface area is 168 Å². The lowest BCUT2D eigenvalue weighted by atomic mass is 10.2. The van der Waals surface area contributed by atoms with E-state index in [0.717, 1.165) is 25.3 Å². The molecule has 140 valence electrons. The Morgan fingerprint density at radius 1 is 1.30 bits per heavy atom. The predicted molar refractivity (Wildman–Crippen MR) is 112 cm³/mol. The molecule has 0 saturated heterocycles. The van der Waals surface area contributed by atoms with Crippen molar-refractivity contribution in [1.29, 1.82) is 0 Å². The molecule has 1 amide bonds. The molecular weight excluding hydrogens is 432 g/mol. The molecule has 6 nitrogen and oxygen atoms in total. The van der Waals surface area contributed by atoms with Gasteiger partial charge in [-0.3, -0.25) is 4.90 Å². The van der Waals surface area contributed by atoms with E-state index in [1.165, 1.54) is 23.3 Å². The lowest BCUT2D eigenvalue weighted by Crippen LogP contribution is -2.23. The quantitative estimate of drug-likeness (QED) is 0.516. The van der Waals surface area contributed by atoms with Gasteiger partial charge in [-0.25, -0.2) is 9.78 Å². The summed E-state index contributed by atoms with van der Waals surface area (Å²) in [5.41, 5.74) is 2.45. The van der Waals surface area contributed by atoms with Crippen molar-refractivity contribution in [3.8, 4) is 5.75 Å². The van der Waals surface area contributed by atoms with Crippen LogP contribution in [-0.2, 0) is 4.74 Å². The number of ether oxygens (including phenoxy) is 2. The van der Waals surface area contributed by atoms with Gasteiger partial charge in [-0.05, 0) is 57.9 Å². The Balaban J connectivity index is 1.80. The molecule has 0 fully saturated rings. The molecule has 0 aliphatic heterocycles. The van der Waals surface area contributed by atoms with Crippen molar-refractivity contribution in [3.63, 3.8) is 0 Å². The third kappa shape index (κ3) is 4.65. The van der Waals surface area contributed by atoms with Crippen molar-refractivity contribution < 1.29 is 19.4 Å². The van der Waals surface area contributed by atoms with Gasteiger partial charge in [0.15, 0.2) is 6.79 Å². The van der Waals surface area contributed by atoms with Gasteiger partial charge in [0.25, 0.3) is 0 Å². The van der Waals surface area contributed by atoms with Gasteiger partial charge in [0.1, 0.15) is 10.8 Å². The van der Waals surface area contributed by atoms with E-state index in [9.17, 15) is 4.79 Å². The van der Waals surface area contributed by atoms with Crippen molar-refractivity contribution in [2.75, 3.05) is 25.9 Å². The Morgan fingerprint density at radius 2 is 2.11 bits per heavy atom. The van der Waals surface area contributed by atoms with Crippen LogP contribution in [0.1, 0.15) is 10.6 Å². The summed E-state index contributed by atoms with van der Waals surface area (Å²) in [6.45, 7) is 0.193. The predicted octanol–water partition coefficient (Wildman–Crippen LogP) is 5.33. The van der Waals surface area contributed by atoms with E-state index >= 15 is 0 Å². The number of halogens is 1. The van der Waals surface area contributed by atoms with Gasteiger partial charge < -0.3 is 14.6 Å². The number of aromatic nitrogens is 1. The van der Waals surface area contributed by atoms with E-state index in [1.54, 1.807) is 13.2 Å². The summed E-state index contributed by atoms with van der Waals surface area (Å²) in [7, 11) is 3.09. The standard InChI is InChI=1S/C19H17BrN2O4S/c1-22(19(23)24)13-5-6-15-17(10-13)27-18(21-15)8-4-12-3-7-16(14(20)9-12)26-11-25-2/h3-10H,11H2,1-2H3,(H,23,24)/b8-4+. The molecule has 0 atom stereocenters. The van der Waals surface area contributed by atoms with Crippen LogP contribution < -0.4 is 9.64 Å². The summed E-state index contributed by atoms with van der Waals surface area (Å²) in [6, 6.07) is 11.2.